The second kappa shape index (κ2) is 4.89. The van der Waals surface area contributed by atoms with Crippen LogP contribution in [0.2, 0.25) is 0 Å². The molecule has 0 aliphatic rings. The van der Waals surface area contributed by atoms with Crippen LogP contribution >= 0.6 is 12.4 Å². The summed E-state index contributed by atoms with van der Waals surface area (Å²) in [5.41, 5.74) is 5.53. The van der Waals surface area contributed by atoms with Gasteiger partial charge in [0, 0.05) is 0 Å². The van der Waals surface area contributed by atoms with Gasteiger partial charge in [0.05, 0.1) is 12.5 Å². The number of rotatable bonds is 3. The lowest BCUT2D eigenvalue weighted by Gasteiger charge is -2.03. The van der Waals surface area contributed by atoms with Crippen molar-refractivity contribution in [1.29, 1.82) is 0 Å². The fourth-order valence-corrected chi connectivity index (χ4v) is 0.941. The Morgan fingerprint density at radius 1 is 1.69 bits per heavy atom. The summed E-state index contributed by atoms with van der Waals surface area (Å²) in [6, 6.07) is 2.91. The van der Waals surface area contributed by atoms with Gasteiger partial charge in [-0.15, -0.1) is 12.4 Å². The van der Waals surface area contributed by atoms with E-state index >= 15 is 0 Å². The lowest BCUT2D eigenvalue weighted by atomic mass is 10.2. The molecule has 1 aromatic heterocycles. The normalized spacial score (nSPS) is 11.8. The van der Waals surface area contributed by atoms with Gasteiger partial charge in [0.25, 0.3) is 0 Å². The topological polar surface area (TPSA) is 76.5 Å². The molecule has 4 nitrogen and oxygen atoms in total. The molecule has 1 aromatic rings. The number of aliphatic carboxylic acids is 1. The molecular weight excluding hydrogens is 194 g/mol. The second-order valence-electron chi connectivity index (χ2n) is 2.65. The van der Waals surface area contributed by atoms with Gasteiger partial charge in [-0.1, -0.05) is 0 Å². The predicted molar refractivity (Wildman–Crippen MR) is 49.9 cm³/mol. The smallest absolute Gasteiger partial charge is 0.305 e. The minimum absolute atomic E-state index is 0. The average Bonchev–Trinajstić information content (AvgIpc) is 2.34. The summed E-state index contributed by atoms with van der Waals surface area (Å²) in [6.45, 7) is 1.79. The van der Waals surface area contributed by atoms with Crippen LogP contribution in [-0.4, -0.2) is 11.1 Å². The van der Waals surface area contributed by atoms with Crippen molar-refractivity contribution in [2.24, 2.45) is 5.73 Å². The molecule has 74 valence electrons. The number of aryl methyl sites for hydroxylation is 1. The summed E-state index contributed by atoms with van der Waals surface area (Å²) in [5.74, 6) is 0.345. The van der Waals surface area contributed by atoms with Crippen LogP contribution in [0.5, 0.6) is 0 Å². The fraction of sp³-hybridized carbons (Fsp3) is 0.375. The maximum Gasteiger partial charge on any atom is 0.305 e. The van der Waals surface area contributed by atoms with E-state index in [4.69, 9.17) is 15.3 Å². The SMILES string of the molecule is Cc1ccc([C@@H](N)CC(=O)O)o1.Cl. The number of carboxylic acids is 1. The van der Waals surface area contributed by atoms with E-state index in [2.05, 4.69) is 0 Å². The standard InChI is InChI=1S/C8H11NO3.ClH/c1-5-2-3-7(12-5)6(9)4-8(10)11;/h2-3,6H,4,9H2,1H3,(H,10,11);1H/t6-;/m0./s1. The Hall–Kier alpha value is -1.00. The van der Waals surface area contributed by atoms with Crippen molar-refractivity contribution in [2.45, 2.75) is 19.4 Å². The number of furan rings is 1. The van der Waals surface area contributed by atoms with Crippen molar-refractivity contribution in [2.75, 3.05) is 0 Å². The van der Waals surface area contributed by atoms with Gasteiger partial charge in [-0.25, -0.2) is 0 Å². The van der Waals surface area contributed by atoms with Gasteiger partial charge in [0.2, 0.25) is 0 Å². The molecule has 0 aromatic carbocycles. The third-order valence-electron chi connectivity index (χ3n) is 1.52. The zero-order valence-corrected chi connectivity index (χ0v) is 8.00. The largest absolute Gasteiger partial charge is 0.481 e. The van der Waals surface area contributed by atoms with Crippen LogP contribution < -0.4 is 5.73 Å². The first kappa shape index (κ1) is 12.0. The molecule has 0 spiro atoms. The van der Waals surface area contributed by atoms with Gasteiger partial charge >= 0.3 is 5.97 Å². The van der Waals surface area contributed by atoms with E-state index in [0.717, 1.165) is 5.76 Å². The molecule has 3 N–H and O–H groups in total. The summed E-state index contributed by atoms with van der Waals surface area (Å²) in [7, 11) is 0. The van der Waals surface area contributed by atoms with Gasteiger partial charge in [0.1, 0.15) is 11.5 Å². The first-order chi connectivity index (χ1) is 5.59. The highest BCUT2D eigenvalue weighted by Gasteiger charge is 2.13. The summed E-state index contributed by atoms with van der Waals surface area (Å²) in [5, 5.41) is 8.43. The molecule has 0 bridgehead atoms. The number of hydrogen-bond donors (Lipinski definition) is 2. The Morgan fingerprint density at radius 3 is 2.69 bits per heavy atom. The minimum atomic E-state index is -0.920. The first-order valence-corrected chi connectivity index (χ1v) is 3.63. The van der Waals surface area contributed by atoms with Crippen molar-refractivity contribution in [1.82, 2.24) is 0 Å². The van der Waals surface area contributed by atoms with E-state index in [-0.39, 0.29) is 18.8 Å². The van der Waals surface area contributed by atoms with Gasteiger partial charge < -0.3 is 15.3 Å². The molecule has 1 rings (SSSR count). The molecule has 0 radical (unpaired) electrons. The highest BCUT2D eigenvalue weighted by Crippen LogP contribution is 2.16. The van der Waals surface area contributed by atoms with E-state index in [9.17, 15) is 4.79 Å². The highest BCUT2D eigenvalue weighted by atomic mass is 35.5. The Kier molecular flexibility index (Phi) is 4.51. The lowest BCUT2D eigenvalue weighted by molar-refractivity contribution is -0.137. The molecule has 13 heavy (non-hydrogen) atoms. The quantitative estimate of drug-likeness (QED) is 0.784. The molecule has 5 heteroatoms. The van der Waals surface area contributed by atoms with Crippen LogP contribution in [0, 0.1) is 6.92 Å². The van der Waals surface area contributed by atoms with Crippen LogP contribution in [-0.2, 0) is 4.79 Å². The number of hydrogen-bond acceptors (Lipinski definition) is 3. The van der Waals surface area contributed by atoms with E-state index in [1.54, 1.807) is 19.1 Å². The lowest BCUT2D eigenvalue weighted by Crippen LogP contribution is -2.14. The van der Waals surface area contributed by atoms with Crippen LogP contribution in [0.15, 0.2) is 16.5 Å². The fourth-order valence-electron chi connectivity index (χ4n) is 0.941. The molecule has 0 unspecified atom stereocenters. The Morgan fingerprint density at radius 2 is 2.31 bits per heavy atom. The van der Waals surface area contributed by atoms with Crippen molar-refractivity contribution in [3.8, 4) is 0 Å². The Labute approximate surface area is 82.1 Å². The molecule has 0 aliphatic carbocycles. The zero-order valence-electron chi connectivity index (χ0n) is 7.19. The van der Waals surface area contributed by atoms with E-state index in [1.807, 2.05) is 0 Å². The third-order valence-corrected chi connectivity index (χ3v) is 1.52. The molecule has 1 atom stereocenters. The molecule has 1 heterocycles. The second-order valence-corrected chi connectivity index (χ2v) is 2.65. The van der Waals surface area contributed by atoms with Gasteiger partial charge in [-0.2, -0.15) is 0 Å². The summed E-state index contributed by atoms with van der Waals surface area (Å²) in [6.07, 6.45) is -0.104. The zero-order chi connectivity index (χ0) is 9.14. The van der Waals surface area contributed by atoms with Crippen LogP contribution in [0.25, 0.3) is 0 Å². The number of carboxylic acid groups (broad SMARTS) is 1. The van der Waals surface area contributed by atoms with Crippen LogP contribution in [0.1, 0.15) is 24.0 Å². The van der Waals surface area contributed by atoms with Crippen molar-refractivity contribution < 1.29 is 14.3 Å². The Balaban J connectivity index is 0.00000144. The van der Waals surface area contributed by atoms with Crippen LogP contribution in [0.3, 0.4) is 0 Å². The van der Waals surface area contributed by atoms with Gasteiger partial charge in [-0.05, 0) is 19.1 Å². The monoisotopic (exact) mass is 205 g/mol. The Bertz CT molecular complexity index is 285. The molecule has 0 fully saturated rings. The highest BCUT2D eigenvalue weighted by molar-refractivity contribution is 5.85. The number of nitrogens with two attached hydrogens (primary N) is 1. The molecule has 0 saturated heterocycles. The van der Waals surface area contributed by atoms with Crippen molar-refractivity contribution >= 4 is 18.4 Å². The van der Waals surface area contributed by atoms with Gasteiger partial charge in [0.15, 0.2) is 0 Å². The average molecular weight is 206 g/mol. The van der Waals surface area contributed by atoms with E-state index in [1.165, 1.54) is 0 Å². The van der Waals surface area contributed by atoms with E-state index < -0.39 is 12.0 Å². The number of halogens is 1. The molecule has 0 aliphatic heterocycles. The van der Waals surface area contributed by atoms with Crippen molar-refractivity contribution in [3.63, 3.8) is 0 Å². The minimum Gasteiger partial charge on any atom is -0.481 e. The van der Waals surface area contributed by atoms with Gasteiger partial charge in [-0.3, -0.25) is 4.79 Å². The molecule has 0 amide bonds. The molecule has 0 saturated carbocycles. The molecular formula is C8H12ClNO3. The summed E-state index contributed by atoms with van der Waals surface area (Å²) in [4.78, 5) is 10.3. The summed E-state index contributed by atoms with van der Waals surface area (Å²) >= 11 is 0. The number of carbonyl (C=O) groups is 1. The van der Waals surface area contributed by atoms with Crippen molar-refractivity contribution in [3.05, 3.63) is 23.7 Å². The first-order valence-electron chi connectivity index (χ1n) is 3.63. The van der Waals surface area contributed by atoms with Crippen LogP contribution in [0.4, 0.5) is 0 Å². The third kappa shape index (κ3) is 3.48. The summed E-state index contributed by atoms with van der Waals surface area (Å²) < 4.78 is 5.16. The predicted octanol–water partition coefficient (Wildman–Crippen LogP) is 1.48. The maximum atomic E-state index is 10.3. The maximum absolute atomic E-state index is 10.3. The van der Waals surface area contributed by atoms with E-state index in [0.29, 0.717) is 5.76 Å².